The summed E-state index contributed by atoms with van der Waals surface area (Å²) >= 11 is 0. The molecule has 1 aromatic rings. The Labute approximate surface area is 115 Å². The summed E-state index contributed by atoms with van der Waals surface area (Å²) in [6.45, 7) is 2.45. The van der Waals surface area contributed by atoms with Crippen molar-refractivity contribution in [3.8, 4) is 11.5 Å². The molecule has 0 aliphatic carbocycles. The van der Waals surface area contributed by atoms with E-state index in [1.807, 2.05) is 6.92 Å². The number of hydrogen-bond donors (Lipinski definition) is 0. The largest absolute Gasteiger partial charge is 0.550 e. The predicted molar refractivity (Wildman–Crippen MR) is 65.8 cm³/mol. The quantitative estimate of drug-likeness (QED) is 0.781. The highest BCUT2D eigenvalue weighted by Gasteiger charge is 2.40. The molecule has 2 heterocycles. The van der Waals surface area contributed by atoms with Crippen LogP contribution in [0.4, 0.5) is 0 Å². The molecule has 2 aliphatic heterocycles. The molecule has 0 saturated carbocycles. The number of amides is 1. The summed E-state index contributed by atoms with van der Waals surface area (Å²) in [4.78, 5) is 24.8. The molecule has 20 heavy (non-hydrogen) atoms. The molecular formula is C14H14NO5-. The minimum atomic E-state index is -1.20. The standard InChI is InChI=1S/C14H15NO5/c1-2-15-12(16)6-9(14(17)18)13(15)8-3-4-10-11(5-8)20-7-19-10/h3-5,9,13H,2,6-7H2,1H3,(H,17,18)/p-1/t9-,13-/m0/s1. The molecule has 1 amide bonds. The second-order valence-corrected chi connectivity index (χ2v) is 4.87. The SMILES string of the molecule is CCN1C(=O)C[C@H](C(=O)[O-])[C@@H]1c1ccc2c(c1)OCO2. The number of hydrogen-bond acceptors (Lipinski definition) is 5. The van der Waals surface area contributed by atoms with Crippen molar-refractivity contribution < 1.29 is 24.2 Å². The van der Waals surface area contributed by atoms with E-state index in [2.05, 4.69) is 0 Å². The number of likely N-dealkylation sites (tertiary alicyclic amines) is 1. The Balaban J connectivity index is 2.00. The van der Waals surface area contributed by atoms with Crippen LogP contribution < -0.4 is 14.6 Å². The molecule has 3 rings (SSSR count). The molecule has 6 nitrogen and oxygen atoms in total. The number of rotatable bonds is 3. The van der Waals surface area contributed by atoms with Crippen molar-refractivity contribution >= 4 is 11.9 Å². The Morgan fingerprint density at radius 3 is 2.85 bits per heavy atom. The highest BCUT2D eigenvalue weighted by molar-refractivity contribution is 5.86. The summed E-state index contributed by atoms with van der Waals surface area (Å²) in [6, 6.07) is 4.74. The molecule has 0 spiro atoms. The van der Waals surface area contributed by atoms with Gasteiger partial charge >= 0.3 is 0 Å². The number of carboxylic acid groups (broad SMARTS) is 1. The summed E-state index contributed by atoms with van der Waals surface area (Å²) in [7, 11) is 0. The minimum absolute atomic E-state index is 0.0186. The van der Waals surface area contributed by atoms with Crippen molar-refractivity contribution in [2.75, 3.05) is 13.3 Å². The van der Waals surface area contributed by atoms with Crippen LogP contribution in [0, 0.1) is 5.92 Å². The van der Waals surface area contributed by atoms with Gasteiger partial charge in [-0.2, -0.15) is 0 Å². The lowest BCUT2D eigenvalue weighted by atomic mass is 9.93. The van der Waals surface area contributed by atoms with Crippen LogP contribution in [-0.4, -0.2) is 30.1 Å². The van der Waals surface area contributed by atoms with Crippen LogP contribution in [-0.2, 0) is 9.59 Å². The number of nitrogens with zero attached hydrogens (tertiary/aromatic N) is 1. The predicted octanol–water partition coefficient (Wildman–Crippen LogP) is 0.0747. The molecule has 106 valence electrons. The van der Waals surface area contributed by atoms with E-state index in [1.54, 1.807) is 23.1 Å². The second kappa shape index (κ2) is 4.70. The molecule has 0 aromatic heterocycles. The number of carboxylic acids is 1. The van der Waals surface area contributed by atoms with E-state index in [0.29, 0.717) is 18.0 Å². The molecule has 2 aliphatic rings. The second-order valence-electron chi connectivity index (χ2n) is 4.87. The third-order valence-electron chi connectivity index (χ3n) is 3.81. The van der Waals surface area contributed by atoms with Crippen molar-refractivity contribution in [2.24, 2.45) is 5.92 Å². The first kappa shape index (κ1) is 12.8. The first-order chi connectivity index (χ1) is 9.61. The number of fused-ring (bicyclic) bond motifs is 1. The molecule has 0 unspecified atom stereocenters. The van der Waals surface area contributed by atoms with Crippen LogP contribution in [0.5, 0.6) is 11.5 Å². The fourth-order valence-electron chi connectivity index (χ4n) is 2.88. The third kappa shape index (κ3) is 1.88. The van der Waals surface area contributed by atoms with E-state index < -0.39 is 17.9 Å². The van der Waals surface area contributed by atoms with Gasteiger partial charge in [-0.1, -0.05) is 6.07 Å². The molecule has 0 radical (unpaired) electrons. The van der Waals surface area contributed by atoms with Crippen LogP contribution in [0.15, 0.2) is 18.2 Å². The fraction of sp³-hybridized carbons (Fsp3) is 0.429. The van der Waals surface area contributed by atoms with E-state index in [1.165, 1.54) is 0 Å². The van der Waals surface area contributed by atoms with Crippen LogP contribution >= 0.6 is 0 Å². The van der Waals surface area contributed by atoms with Gasteiger partial charge in [0.25, 0.3) is 0 Å². The van der Waals surface area contributed by atoms with Crippen molar-refractivity contribution in [1.82, 2.24) is 4.90 Å². The lowest BCUT2D eigenvalue weighted by Crippen LogP contribution is -2.36. The van der Waals surface area contributed by atoms with Crippen LogP contribution in [0.3, 0.4) is 0 Å². The average molecular weight is 276 g/mol. The Kier molecular flexibility index (Phi) is 3.00. The topological polar surface area (TPSA) is 78.9 Å². The van der Waals surface area contributed by atoms with Crippen molar-refractivity contribution in [1.29, 1.82) is 0 Å². The zero-order valence-electron chi connectivity index (χ0n) is 11.0. The first-order valence-corrected chi connectivity index (χ1v) is 6.51. The van der Waals surface area contributed by atoms with Crippen LogP contribution in [0.25, 0.3) is 0 Å². The minimum Gasteiger partial charge on any atom is -0.550 e. The Morgan fingerprint density at radius 1 is 1.40 bits per heavy atom. The number of carbonyl (C=O) groups excluding carboxylic acids is 2. The molecular weight excluding hydrogens is 262 g/mol. The maximum absolute atomic E-state index is 11.9. The Morgan fingerprint density at radius 2 is 2.15 bits per heavy atom. The smallest absolute Gasteiger partial charge is 0.231 e. The number of carbonyl (C=O) groups is 2. The maximum atomic E-state index is 11.9. The van der Waals surface area contributed by atoms with E-state index in [4.69, 9.17) is 9.47 Å². The van der Waals surface area contributed by atoms with Gasteiger partial charge in [0.15, 0.2) is 11.5 Å². The average Bonchev–Trinajstić information content (AvgIpc) is 3.01. The van der Waals surface area contributed by atoms with Crippen LogP contribution in [0.1, 0.15) is 24.9 Å². The van der Waals surface area contributed by atoms with Gasteiger partial charge in [-0.25, -0.2) is 0 Å². The first-order valence-electron chi connectivity index (χ1n) is 6.51. The summed E-state index contributed by atoms with van der Waals surface area (Å²) < 4.78 is 10.5. The van der Waals surface area contributed by atoms with E-state index in [9.17, 15) is 14.7 Å². The number of ether oxygens (including phenoxy) is 2. The number of benzene rings is 1. The van der Waals surface area contributed by atoms with Gasteiger partial charge in [-0.3, -0.25) is 4.79 Å². The fourth-order valence-corrected chi connectivity index (χ4v) is 2.88. The normalized spacial score (nSPS) is 24.2. The van der Waals surface area contributed by atoms with Crippen molar-refractivity contribution in [3.05, 3.63) is 23.8 Å². The number of aliphatic carboxylic acids is 1. The zero-order chi connectivity index (χ0) is 14.3. The van der Waals surface area contributed by atoms with Crippen molar-refractivity contribution in [3.63, 3.8) is 0 Å². The Hall–Kier alpha value is -2.24. The lowest BCUT2D eigenvalue weighted by molar-refractivity contribution is -0.312. The molecule has 0 N–H and O–H groups in total. The van der Waals surface area contributed by atoms with Gasteiger partial charge in [0, 0.05) is 24.9 Å². The maximum Gasteiger partial charge on any atom is 0.231 e. The van der Waals surface area contributed by atoms with Gasteiger partial charge in [0.05, 0.1) is 6.04 Å². The molecule has 2 atom stereocenters. The molecule has 1 saturated heterocycles. The third-order valence-corrected chi connectivity index (χ3v) is 3.81. The van der Waals surface area contributed by atoms with Gasteiger partial charge in [0.1, 0.15) is 0 Å². The van der Waals surface area contributed by atoms with E-state index in [-0.39, 0.29) is 19.1 Å². The molecule has 1 fully saturated rings. The Bertz CT molecular complexity index is 571. The lowest BCUT2D eigenvalue weighted by Gasteiger charge is -2.28. The molecule has 1 aromatic carbocycles. The summed E-state index contributed by atoms with van der Waals surface area (Å²) in [6.07, 6.45) is -0.0186. The van der Waals surface area contributed by atoms with Crippen molar-refractivity contribution in [2.45, 2.75) is 19.4 Å². The highest BCUT2D eigenvalue weighted by atomic mass is 16.7. The van der Waals surface area contributed by atoms with E-state index in [0.717, 1.165) is 5.56 Å². The van der Waals surface area contributed by atoms with Gasteiger partial charge in [-0.15, -0.1) is 0 Å². The summed E-state index contributed by atoms with van der Waals surface area (Å²) in [5, 5.41) is 11.3. The van der Waals surface area contributed by atoms with Gasteiger partial charge < -0.3 is 24.3 Å². The highest BCUT2D eigenvalue weighted by Crippen LogP contribution is 2.41. The summed E-state index contributed by atoms with van der Waals surface area (Å²) in [5.74, 6) is -0.981. The molecule has 6 heteroatoms. The zero-order valence-corrected chi connectivity index (χ0v) is 11.0. The monoisotopic (exact) mass is 276 g/mol. The van der Waals surface area contributed by atoms with Gasteiger partial charge in [0.2, 0.25) is 12.7 Å². The van der Waals surface area contributed by atoms with Crippen LogP contribution in [0.2, 0.25) is 0 Å². The summed E-state index contributed by atoms with van der Waals surface area (Å²) in [5.41, 5.74) is 0.733. The van der Waals surface area contributed by atoms with E-state index >= 15 is 0 Å². The van der Waals surface area contributed by atoms with Gasteiger partial charge in [-0.05, 0) is 24.6 Å². The molecule has 0 bridgehead atoms.